The van der Waals surface area contributed by atoms with E-state index in [-0.39, 0.29) is 0 Å². The molecule has 0 aromatic heterocycles. The van der Waals surface area contributed by atoms with Gasteiger partial charge in [0, 0.05) is 0 Å². The first kappa shape index (κ1) is 19.0. The topological polar surface area (TPSA) is 0 Å². The van der Waals surface area contributed by atoms with Gasteiger partial charge in [0.1, 0.15) is 0 Å². The Bertz CT molecular complexity index is 196. The Morgan fingerprint density at radius 2 is 1.32 bits per heavy atom. The van der Waals surface area contributed by atoms with Crippen molar-refractivity contribution in [2.75, 3.05) is 0 Å². The van der Waals surface area contributed by atoms with Gasteiger partial charge in [-0.05, 0) is 36.5 Å². The van der Waals surface area contributed by atoms with Gasteiger partial charge in [0.2, 0.25) is 0 Å². The van der Waals surface area contributed by atoms with Gasteiger partial charge >= 0.3 is 0 Å². The molecule has 0 rings (SSSR count). The lowest BCUT2D eigenvalue weighted by Crippen LogP contribution is -2.18. The average molecular weight is 269 g/mol. The van der Waals surface area contributed by atoms with Crippen molar-refractivity contribution in [1.82, 2.24) is 0 Å². The molecule has 0 radical (unpaired) electrons. The van der Waals surface area contributed by atoms with Gasteiger partial charge in [-0.1, -0.05) is 86.5 Å². The van der Waals surface area contributed by atoms with Gasteiger partial charge in [-0.25, -0.2) is 0 Å². The summed E-state index contributed by atoms with van der Waals surface area (Å²) in [6, 6.07) is 0. The zero-order valence-electron chi connectivity index (χ0n) is 14.7. The molecule has 0 spiro atoms. The zero-order chi connectivity index (χ0) is 14.7. The summed E-state index contributed by atoms with van der Waals surface area (Å²) in [7, 11) is 0. The molecule has 3 atom stereocenters. The van der Waals surface area contributed by atoms with E-state index in [4.69, 9.17) is 0 Å². The minimum atomic E-state index is 0.605. The summed E-state index contributed by atoms with van der Waals surface area (Å²) in [5, 5.41) is 0. The predicted molar refractivity (Wildman–Crippen MR) is 89.6 cm³/mol. The molecule has 19 heavy (non-hydrogen) atoms. The van der Waals surface area contributed by atoms with E-state index in [0.29, 0.717) is 5.41 Å². The first-order valence-electron chi connectivity index (χ1n) is 8.99. The molecule has 0 heterocycles. The van der Waals surface area contributed by atoms with Gasteiger partial charge in [-0.15, -0.1) is 0 Å². The van der Waals surface area contributed by atoms with Crippen LogP contribution in [0.5, 0.6) is 0 Å². The molecular weight excluding hydrogens is 228 g/mol. The highest BCUT2D eigenvalue weighted by Gasteiger charge is 2.23. The minimum Gasteiger partial charge on any atom is -0.0654 e. The van der Waals surface area contributed by atoms with Crippen LogP contribution in [0.2, 0.25) is 0 Å². The summed E-state index contributed by atoms with van der Waals surface area (Å²) in [4.78, 5) is 0. The molecule has 0 aliphatic carbocycles. The Labute approximate surface area is 123 Å². The zero-order valence-corrected chi connectivity index (χ0v) is 14.7. The van der Waals surface area contributed by atoms with Crippen LogP contribution in [-0.4, -0.2) is 0 Å². The molecule has 0 fully saturated rings. The molecule has 0 aromatic rings. The fourth-order valence-electron chi connectivity index (χ4n) is 2.94. The van der Waals surface area contributed by atoms with Crippen LogP contribution in [0.3, 0.4) is 0 Å². The van der Waals surface area contributed by atoms with Crippen LogP contribution >= 0.6 is 0 Å². The van der Waals surface area contributed by atoms with Crippen molar-refractivity contribution in [2.45, 2.75) is 106 Å². The Morgan fingerprint density at radius 1 is 0.737 bits per heavy atom. The van der Waals surface area contributed by atoms with Crippen LogP contribution in [0.25, 0.3) is 0 Å². The van der Waals surface area contributed by atoms with E-state index in [1.54, 1.807) is 0 Å². The van der Waals surface area contributed by atoms with E-state index in [1.165, 1.54) is 64.2 Å². The quantitative estimate of drug-likeness (QED) is 0.328. The van der Waals surface area contributed by atoms with E-state index in [1.807, 2.05) is 0 Å². The van der Waals surface area contributed by atoms with Crippen LogP contribution in [0.4, 0.5) is 0 Å². The van der Waals surface area contributed by atoms with Gasteiger partial charge in [0.05, 0.1) is 0 Å². The molecule has 0 N–H and O–H groups in total. The van der Waals surface area contributed by atoms with Crippen molar-refractivity contribution in [3.63, 3.8) is 0 Å². The lowest BCUT2D eigenvalue weighted by molar-refractivity contribution is 0.211. The first-order valence-corrected chi connectivity index (χ1v) is 8.99. The minimum absolute atomic E-state index is 0.605. The predicted octanol–water partition coefficient (Wildman–Crippen LogP) is 7.23. The maximum absolute atomic E-state index is 2.51. The number of unbranched alkanes of at least 4 members (excludes halogenated alkanes) is 3. The fourth-order valence-corrected chi connectivity index (χ4v) is 2.94. The maximum atomic E-state index is 2.51. The van der Waals surface area contributed by atoms with Crippen molar-refractivity contribution in [1.29, 1.82) is 0 Å². The molecule has 0 aliphatic heterocycles. The van der Waals surface area contributed by atoms with E-state index in [2.05, 4.69) is 41.5 Å². The summed E-state index contributed by atoms with van der Waals surface area (Å²) < 4.78 is 0. The molecular formula is C19H40. The Hall–Kier alpha value is 0. The molecule has 3 unspecified atom stereocenters. The second-order valence-electron chi connectivity index (χ2n) is 7.26. The highest BCUT2D eigenvalue weighted by atomic mass is 14.3. The van der Waals surface area contributed by atoms with E-state index in [0.717, 1.165) is 11.8 Å². The summed E-state index contributed by atoms with van der Waals surface area (Å²) in [5.41, 5.74) is 0.605. The van der Waals surface area contributed by atoms with Crippen molar-refractivity contribution in [3.05, 3.63) is 0 Å². The van der Waals surface area contributed by atoms with Gasteiger partial charge in [0.15, 0.2) is 0 Å². The molecule has 0 aliphatic rings. The monoisotopic (exact) mass is 268 g/mol. The third-order valence-corrected chi connectivity index (χ3v) is 5.43. The van der Waals surface area contributed by atoms with Crippen LogP contribution in [0, 0.1) is 17.3 Å². The number of hydrogen-bond donors (Lipinski definition) is 0. The largest absolute Gasteiger partial charge is 0.0654 e. The SMILES string of the molecule is CCCCCC(C)C(C)CCC(C)(CC)CCCC. The van der Waals surface area contributed by atoms with Crippen molar-refractivity contribution < 1.29 is 0 Å². The van der Waals surface area contributed by atoms with Crippen LogP contribution in [0.15, 0.2) is 0 Å². The Kier molecular flexibility index (Phi) is 10.7. The Balaban J connectivity index is 3.99. The van der Waals surface area contributed by atoms with Crippen molar-refractivity contribution >= 4 is 0 Å². The van der Waals surface area contributed by atoms with Crippen LogP contribution in [-0.2, 0) is 0 Å². The summed E-state index contributed by atoms with van der Waals surface area (Å²) in [5.74, 6) is 1.82. The molecule has 0 aromatic carbocycles. The highest BCUT2D eigenvalue weighted by molar-refractivity contribution is 4.75. The van der Waals surface area contributed by atoms with Crippen molar-refractivity contribution in [3.8, 4) is 0 Å². The third kappa shape index (κ3) is 8.71. The average Bonchev–Trinajstić information content (AvgIpc) is 2.42. The normalized spacial score (nSPS) is 18.0. The Morgan fingerprint density at radius 3 is 1.84 bits per heavy atom. The lowest BCUT2D eigenvalue weighted by atomic mass is 9.75. The second-order valence-corrected chi connectivity index (χ2v) is 7.26. The standard InChI is InChI=1S/C19H40/c1-7-10-12-13-17(4)18(5)14-16-19(6,9-3)15-11-8-2/h17-18H,7-16H2,1-6H3. The molecule has 0 nitrogen and oxygen atoms in total. The lowest BCUT2D eigenvalue weighted by Gasteiger charge is -2.31. The summed E-state index contributed by atoms with van der Waals surface area (Å²) >= 11 is 0. The number of hydrogen-bond acceptors (Lipinski definition) is 0. The maximum Gasteiger partial charge on any atom is -0.0328 e. The number of rotatable bonds is 12. The van der Waals surface area contributed by atoms with E-state index in [9.17, 15) is 0 Å². The van der Waals surface area contributed by atoms with Gasteiger partial charge < -0.3 is 0 Å². The molecule has 0 saturated heterocycles. The van der Waals surface area contributed by atoms with Crippen LogP contribution in [0.1, 0.15) is 106 Å². The summed E-state index contributed by atoms with van der Waals surface area (Å²) in [6.07, 6.45) is 14.0. The van der Waals surface area contributed by atoms with Gasteiger partial charge in [-0.3, -0.25) is 0 Å². The fraction of sp³-hybridized carbons (Fsp3) is 1.00. The molecule has 0 heteroatoms. The van der Waals surface area contributed by atoms with Gasteiger partial charge in [-0.2, -0.15) is 0 Å². The molecule has 116 valence electrons. The van der Waals surface area contributed by atoms with E-state index >= 15 is 0 Å². The second kappa shape index (κ2) is 10.7. The first-order chi connectivity index (χ1) is 8.99. The van der Waals surface area contributed by atoms with E-state index < -0.39 is 0 Å². The van der Waals surface area contributed by atoms with Gasteiger partial charge in [0.25, 0.3) is 0 Å². The third-order valence-electron chi connectivity index (χ3n) is 5.43. The smallest absolute Gasteiger partial charge is 0.0328 e. The molecule has 0 saturated carbocycles. The molecule has 0 amide bonds. The summed E-state index contributed by atoms with van der Waals surface area (Å²) in [6.45, 7) is 14.5. The molecule has 0 bridgehead atoms. The van der Waals surface area contributed by atoms with Crippen LogP contribution < -0.4 is 0 Å². The van der Waals surface area contributed by atoms with Crippen molar-refractivity contribution in [2.24, 2.45) is 17.3 Å². The highest BCUT2D eigenvalue weighted by Crippen LogP contribution is 2.36.